The minimum Gasteiger partial charge on any atom is -0.393 e. The molecule has 0 saturated heterocycles. The fourth-order valence-corrected chi connectivity index (χ4v) is 1.95. The third-order valence-electron chi connectivity index (χ3n) is 2.30. The Morgan fingerprint density at radius 2 is 2.19 bits per heavy atom. The lowest BCUT2D eigenvalue weighted by Gasteiger charge is -2.11. The van der Waals surface area contributed by atoms with Crippen LogP contribution in [0.15, 0.2) is 28.7 Å². The first kappa shape index (κ1) is 13.7. The molecule has 0 bridgehead atoms. The van der Waals surface area contributed by atoms with Crippen LogP contribution in [0.1, 0.15) is 25.3 Å². The predicted octanol–water partition coefficient (Wildman–Crippen LogP) is 3.17. The van der Waals surface area contributed by atoms with E-state index in [9.17, 15) is 5.11 Å². The average molecular weight is 287 g/mol. The van der Waals surface area contributed by atoms with E-state index in [-0.39, 0.29) is 6.10 Å². The van der Waals surface area contributed by atoms with E-state index in [0.29, 0.717) is 19.4 Å². The molecule has 1 rings (SSSR count). The highest BCUT2D eigenvalue weighted by atomic mass is 79.9. The number of rotatable bonds is 7. The molecule has 1 N–H and O–H groups in total. The van der Waals surface area contributed by atoms with Crippen molar-refractivity contribution in [3.8, 4) is 0 Å². The Bertz CT molecular complexity index is 302. The second kappa shape index (κ2) is 7.82. The maximum atomic E-state index is 9.80. The Morgan fingerprint density at radius 1 is 1.38 bits per heavy atom. The molecule has 0 radical (unpaired) electrons. The molecule has 2 nitrogen and oxygen atoms in total. The van der Waals surface area contributed by atoms with Gasteiger partial charge in [0, 0.05) is 17.7 Å². The highest BCUT2D eigenvalue weighted by molar-refractivity contribution is 9.10. The van der Waals surface area contributed by atoms with E-state index in [1.807, 2.05) is 24.3 Å². The molecule has 1 atom stereocenters. The minimum absolute atomic E-state index is 0.314. The Kier molecular flexibility index (Phi) is 6.69. The largest absolute Gasteiger partial charge is 0.393 e. The molecular formula is C13H19BrO2. The van der Waals surface area contributed by atoms with Gasteiger partial charge in [-0.1, -0.05) is 35.0 Å². The van der Waals surface area contributed by atoms with Gasteiger partial charge in [0.25, 0.3) is 0 Å². The number of hydrogen-bond donors (Lipinski definition) is 1. The molecular weight excluding hydrogens is 268 g/mol. The van der Waals surface area contributed by atoms with Crippen molar-refractivity contribution in [2.45, 2.75) is 32.3 Å². The van der Waals surface area contributed by atoms with Crippen LogP contribution in [-0.4, -0.2) is 24.4 Å². The van der Waals surface area contributed by atoms with Gasteiger partial charge in [0.05, 0.1) is 6.10 Å². The molecule has 0 aliphatic rings. The van der Waals surface area contributed by atoms with Crippen LogP contribution < -0.4 is 0 Å². The normalized spacial score (nSPS) is 12.7. The summed E-state index contributed by atoms with van der Waals surface area (Å²) in [5.41, 5.74) is 1.15. The summed E-state index contributed by atoms with van der Waals surface area (Å²) in [4.78, 5) is 0. The third kappa shape index (κ3) is 5.64. The zero-order valence-corrected chi connectivity index (χ0v) is 11.2. The number of halogens is 1. The zero-order valence-electron chi connectivity index (χ0n) is 9.66. The number of ether oxygens (including phenoxy) is 1. The first-order valence-electron chi connectivity index (χ1n) is 5.72. The number of hydrogen-bond acceptors (Lipinski definition) is 2. The lowest BCUT2D eigenvalue weighted by Crippen LogP contribution is -2.13. The van der Waals surface area contributed by atoms with Gasteiger partial charge in [-0.2, -0.15) is 0 Å². The summed E-state index contributed by atoms with van der Waals surface area (Å²) in [6.45, 7) is 3.50. The van der Waals surface area contributed by atoms with E-state index in [1.54, 1.807) is 0 Å². The molecule has 0 amide bonds. The summed E-state index contributed by atoms with van der Waals surface area (Å²) in [7, 11) is 0. The Hall–Kier alpha value is -0.380. The molecule has 0 spiro atoms. The average Bonchev–Trinajstić information content (AvgIpc) is 2.24. The van der Waals surface area contributed by atoms with Crippen molar-refractivity contribution in [2.75, 3.05) is 13.2 Å². The monoisotopic (exact) mass is 286 g/mol. The summed E-state index contributed by atoms with van der Waals surface area (Å²) < 4.78 is 6.40. The molecule has 1 aromatic rings. The van der Waals surface area contributed by atoms with Crippen molar-refractivity contribution >= 4 is 15.9 Å². The summed E-state index contributed by atoms with van der Waals surface area (Å²) in [6, 6.07) is 8.04. The quantitative estimate of drug-likeness (QED) is 0.781. The lowest BCUT2D eigenvalue weighted by atomic mass is 10.1. The molecule has 1 unspecified atom stereocenters. The maximum absolute atomic E-state index is 9.80. The van der Waals surface area contributed by atoms with Crippen LogP contribution in [0.25, 0.3) is 0 Å². The first-order valence-corrected chi connectivity index (χ1v) is 6.52. The Morgan fingerprint density at radius 3 is 2.88 bits per heavy atom. The van der Waals surface area contributed by atoms with Crippen molar-refractivity contribution in [3.05, 3.63) is 34.3 Å². The molecule has 16 heavy (non-hydrogen) atoms. The van der Waals surface area contributed by atoms with Gasteiger partial charge >= 0.3 is 0 Å². The van der Waals surface area contributed by atoms with Gasteiger partial charge in [-0.3, -0.25) is 0 Å². The number of aliphatic hydroxyl groups excluding tert-OH is 1. The fraction of sp³-hybridized carbons (Fsp3) is 0.538. The van der Waals surface area contributed by atoms with E-state index in [0.717, 1.165) is 23.1 Å². The van der Waals surface area contributed by atoms with Crippen LogP contribution in [0.4, 0.5) is 0 Å². The fourth-order valence-electron chi connectivity index (χ4n) is 1.50. The topological polar surface area (TPSA) is 29.5 Å². The van der Waals surface area contributed by atoms with Gasteiger partial charge in [-0.15, -0.1) is 0 Å². The highest BCUT2D eigenvalue weighted by Gasteiger charge is 2.05. The van der Waals surface area contributed by atoms with Crippen molar-refractivity contribution in [2.24, 2.45) is 0 Å². The second-order valence-corrected chi connectivity index (χ2v) is 4.80. The molecule has 3 heteroatoms. The van der Waals surface area contributed by atoms with Crippen LogP contribution in [-0.2, 0) is 11.2 Å². The summed E-state index contributed by atoms with van der Waals surface area (Å²) in [5, 5.41) is 9.80. The Balaban J connectivity index is 2.25. The van der Waals surface area contributed by atoms with E-state index >= 15 is 0 Å². The molecule has 90 valence electrons. The van der Waals surface area contributed by atoms with Crippen molar-refractivity contribution in [1.82, 2.24) is 0 Å². The second-order valence-electron chi connectivity index (χ2n) is 3.89. The van der Waals surface area contributed by atoms with Crippen molar-refractivity contribution in [1.29, 1.82) is 0 Å². The van der Waals surface area contributed by atoms with Crippen LogP contribution in [0.2, 0.25) is 0 Å². The molecule has 0 fully saturated rings. The van der Waals surface area contributed by atoms with Gasteiger partial charge < -0.3 is 9.84 Å². The Labute approximate surface area is 106 Å². The van der Waals surface area contributed by atoms with Gasteiger partial charge in [-0.05, 0) is 37.0 Å². The smallest absolute Gasteiger partial charge is 0.0602 e. The van der Waals surface area contributed by atoms with Gasteiger partial charge in [0.15, 0.2) is 0 Å². The molecule has 0 aromatic heterocycles. The van der Waals surface area contributed by atoms with Crippen LogP contribution in [0, 0.1) is 0 Å². The van der Waals surface area contributed by atoms with Gasteiger partial charge in [0.2, 0.25) is 0 Å². The number of benzene rings is 1. The van der Waals surface area contributed by atoms with Crippen LogP contribution in [0.5, 0.6) is 0 Å². The summed E-state index contributed by atoms with van der Waals surface area (Å²) in [6.07, 6.45) is 2.11. The lowest BCUT2D eigenvalue weighted by molar-refractivity contribution is 0.0824. The molecule has 0 aliphatic carbocycles. The highest BCUT2D eigenvalue weighted by Crippen LogP contribution is 2.13. The number of aliphatic hydroxyl groups is 1. The molecule has 0 saturated carbocycles. The maximum Gasteiger partial charge on any atom is 0.0602 e. The molecule has 1 aromatic carbocycles. The first-order chi connectivity index (χ1) is 7.72. The predicted molar refractivity (Wildman–Crippen MR) is 69.6 cm³/mol. The van der Waals surface area contributed by atoms with Gasteiger partial charge in [0.1, 0.15) is 0 Å². The molecule has 0 aliphatic heterocycles. The van der Waals surface area contributed by atoms with Crippen molar-refractivity contribution < 1.29 is 9.84 Å². The van der Waals surface area contributed by atoms with E-state index in [2.05, 4.69) is 22.9 Å². The van der Waals surface area contributed by atoms with Gasteiger partial charge in [-0.25, -0.2) is 0 Å². The van der Waals surface area contributed by atoms with E-state index in [1.165, 1.54) is 0 Å². The van der Waals surface area contributed by atoms with Crippen LogP contribution >= 0.6 is 15.9 Å². The summed E-state index contributed by atoms with van der Waals surface area (Å²) >= 11 is 3.42. The van der Waals surface area contributed by atoms with Crippen molar-refractivity contribution in [3.63, 3.8) is 0 Å². The SMILES string of the molecule is CCCOCCC(O)Cc1cccc(Br)c1. The van der Waals surface area contributed by atoms with E-state index in [4.69, 9.17) is 4.74 Å². The van der Waals surface area contributed by atoms with Crippen LogP contribution in [0.3, 0.4) is 0 Å². The standard InChI is InChI=1S/C13H19BrO2/c1-2-7-16-8-6-13(15)10-11-4-3-5-12(14)9-11/h3-5,9,13,15H,2,6-8,10H2,1H3. The molecule has 0 heterocycles. The minimum atomic E-state index is -0.314. The van der Waals surface area contributed by atoms with E-state index < -0.39 is 0 Å². The summed E-state index contributed by atoms with van der Waals surface area (Å²) in [5.74, 6) is 0. The zero-order chi connectivity index (χ0) is 11.8. The third-order valence-corrected chi connectivity index (χ3v) is 2.80.